The van der Waals surface area contributed by atoms with Gasteiger partial charge in [-0.1, -0.05) is 18.2 Å². The number of nitrogens with zero attached hydrogens (tertiary/aromatic N) is 1. The number of rotatable bonds is 4. The highest BCUT2D eigenvalue weighted by atomic mass is 16.5. The van der Waals surface area contributed by atoms with Crippen LogP contribution in [0, 0.1) is 0 Å². The Bertz CT molecular complexity index is 723. The van der Waals surface area contributed by atoms with Gasteiger partial charge < -0.3 is 19.7 Å². The lowest BCUT2D eigenvalue weighted by atomic mass is 9.96. The summed E-state index contributed by atoms with van der Waals surface area (Å²) in [5.41, 5.74) is 2.84. The number of hydrogen-bond acceptors (Lipinski definition) is 4. The smallest absolute Gasteiger partial charge is 0.252 e. The third-order valence-corrected chi connectivity index (χ3v) is 4.40. The van der Waals surface area contributed by atoms with Crippen molar-refractivity contribution in [3.8, 4) is 11.5 Å². The van der Waals surface area contributed by atoms with Crippen molar-refractivity contribution in [1.82, 2.24) is 5.32 Å². The van der Waals surface area contributed by atoms with Gasteiger partial charge in [0.05, 0.1) is 20.3 Å². The number of fused-ring (bicyclic) bond motifs is 1. The molecule has 5 heteroatoms. The normalized spacial score (nSPS) is 16.3. The predicted molar refractivity (Wildman–Crippen MR) is 94.1 cm³/mol. The summed E-state index contributed by atoms with van der Waals surface area (Å²) in [5.74, 6) is 1.07. The summed E-state index contributed by atoms with van der Waals surface area (Å²) in [6.07, 6.45) is 0.875. The van der Waals surface area contributed by atoms with Crippen LogP contribution in [0.2, 0.25) is 0 Å². The molecule has 1 N–H and O–H groups in total. The zero-order chi connectivity index (χ0) is 17.1. The van der Waals surface area contributed by atoms with Crippen molar-refractivity contribution in [2.24, 2.45) is 0 Å². The predicted octanol–water partition coefficient (Wildman–Crippen LogP) is 3.01. The molecule has 0 aromatic heterocycles. The van der Waals surface area contributed by atoms with Crippen LogP contribution in [0.5, 0.6) is 11.5 Å². The molecule has 1 atom stereocenters. The number of carbonyl (C=O) groups is 1. The minimum absolute atomic E-state index is 0.00194. The van der Waals surface area contributed by atoms with Crippen LogP contribution in [0.25, 0.3) is 0 Å². The Kier molecular flexibility index (Phi) is 4.60. The average molecular weight is 326 g/mol. The number of benzene rings is 2. The molecular weight excluding hydrogens is 304 g/mol. The van der Waals surface area contributed by atoms with Crippen LogP contribution in [0.4, 0.5) is 5.69 Å². The van der Waals surface area contributed by atoms with Gasteiger partial charge in [-0.2, -0.15) is 0 Å². The van der Waals surface area contributed by atoms with Crippen LogP contribution in [0.15, 0.2) is 42.5 Å². The highest BCUT2D eigenvalue weighted by molar-refractivity contribution is 5.95. The summed E-state index contributed by atoms with van der Waals surface area (Å²) in [7, 11) is 5.22. The van der Waals surface area contributed by atoms with Gasteiger partial charge in [-0.3, -0.25) is 4.79 Å². The van der Waals surface area contributed by atoms with E-state index in [1.807, 2.05) is 12.1 Å². The number of carbonyl (C=O) groups excluding carboxylic acids is 1. The lowest BCUT2D eigenvalue weighted by molar-refractivity contribution is 0.0933. The lowest BCUT2D eigenvalue weighted by Crippen LogP contribution is -2.36. The standard InChI is InChI=1S/C19H22N2O3/c1-21-9-8-17(16-6-4-5-7-18(16)21)20-19(22)13-10-14(23-2)12-15(11-13)24-3/h4-7,10-12,17H,8-9H2,1-3H3,(H,20,22). The molecule has 0 saturated heterocycles. The van der Waals surface area contributed by atoms with Crippen LogP contribution < -0.4 is 19.7 Å². The fourth-order valence-corrected chi connectivity index (χ4v) is 3.06. The van der Waals surface area contributed by atoms with Crippen LogP contribution in [-0.2, 0) is 0 Å². The van der Waals surface area contributed by atoms with Crippen LogP contribution >= 0.6 is 0 Å². The highest BCUT2D eigenvalue weighted by Gasteiger charge is 2.24. The first-order valence-corrected chi connectivity index (χ1v) is 7.96. The number of para-hydroxylation sites is 1. The third-order valence-electron chi connectivity index (χ3n) is 4.40. The Morgan fingerprint density at radius 1 is 1.12 bits per heavy atom. The van der Waals surface area contributed by atoms with Crippen LogP contribution in [0.1, 0.15) is 28.4 Å². The molecule has 0 saturated carbocycles. The van der Waals surface area contributed by atoms with E-state index in [0.29, 0.717) is 17.1 Å². The molecule has 1 heterocycles. The Labute approximate surface area is 142 Å². The van der Waals surface area contributed by atoms with Gasteiger partial charge in [0, 0.05) is 30.9 Å². The Hall–Kier alpha value is -2.69. The van der Waals surface area contributed by atoms with Gasteiger partial charge in [-0.15, -0.1) is 0 Å². The Morgan fingerprint density at radius 3 is 2.46 bits per heavy atom. The zero-order valence-corrected chi connectivity index (χ0v) is 14.2. The van der Waals surface area contributed by atoms with E-state index in [4.69, 9.17) is 9.47 Å². The van der Waals surface area contributed by atoms with Crippen molar-refractivity contribution in [2.75, 3.05) is 32.7 Å². The Morgan fingerprint density at radius 2 is 1.79 bits per heavy atom. The Balaban J connectivity index is 1.84. The summed E-state index contributed by atoms with van der Waals surface area (Å²) in [6, 6.07) is 13.4. The monoisotopic (exact) mass is 326 g/mol. The van der Waals surface area contributed by atoms with Gasteiger partial charge in [0.2, 0.25) is 0 Å². The van der Waals surface area contributed by atoms with E-state index in [-0.39, 0.29) is 11.9 Å². The molecule has 2 aromatic rings. The molecule has 2 aromatic carbocycles. The van der Waals surface area contributed by atoms with E-state index < -0.39 is 0 Å². The highest BCUT2D eigenvalue weighted by Crippen LogP contribution is 2.33. The number of anilines is 1. The molecule has 0 fully saturated rings. The minimum atomic E-state index is -0.128. The molecule has 1 amide bonds. The van der Waals surface area contributed by atoms with Crippen molar-refractivity contribution < 1.29 is 14.3 Å². The largest absolute Gasteiger partial charge is 0.497 e. The molecule has 0 bridgehead atoms. The molecular formula is C19H22N2O3. The maximum atomic E-state index is 12.7. The quantitative estimate of drug-likeness (QED) is 0.938. The molecule has 24 heavy (non-hydrogen) atoms. The number of hydrogen-bond donors (Lipinski definition) is 1. The van der Waals surface area contributed by atoms with Crippen LogP contribution in [-0.4, -0.2) is 33.7 Å². The minimum Gasteiger partial charge on any atom is -0.497 e. The molecule has 0 spiro atoms. The number of ether oxygens (including phenoxy) is 2. The second-order valence-electron chi connectivity index (χ2n) is 5.90. The molecule has 0 aliphatic carbocycles. The van der Waals surface area contributed by atoms with Crippen molar-refractivity contribution >= 4 is 11.6 Å². The fraction of sp³-hybridized carbons (Fsp3) is 0.316. The first kappa shape index (κ1) is 16.2. The number of methoxy groups -OCH3 is 2. The van der Waals surface area contributed by atoms with Gasteiger partial charge >= 0.3 is 0 Å². The van der Waals surface area contributed by atoms with Crippen molar-refractivity contribution in [2.45, 2.75) is 12.5 Å². The van der Waals surface area contributed by atoms with E-state index >= 15 is 0 Å². The summed E-state index contributed by atoms with van der Waals surface area (Å²) >= 11 is 0. The van der Waals surface area contributed by atoms with Crippen LogP contribution in [0.3, 0.4) is 0 Å². The second-order valence-corrected chi connectivity index (χ2v) is 5.90. The van der Waals surface area contributed by atoms with Crippen molar-refractivity contribution in [3.63, 3.8) is 0 Å². The summed E-state index contributed by atoms with van der Waals surface area (Å²) in [5, 5.41) is 3.14. The molecule has 3 rings (SSSR count). The van der Waals surface area contributed by atoms with E-state index in [2.05, 4.69) is 29.4 Å². The summed E-state index contributed by atoms with van der Waals surface area (Å²) in [6.45, 7) is 0.906. The van der Waals surface area contributed by atoms with Gasteiger partial charge in [0.15, 0.2) is 0 Å². The number of amides is 1. The average Bonchev–Trinajstić information content (AvgIpc) is 2.63. The maximum absolute atomic E-state index is 12.7. The van der Waals surface area contributed by atoms with E-state index in [0.717, 1.165) is 24.2 Å². The molecule has 5 nitrogen and oxygen atoms in total. The topological polar surface area (TPSA) is 50.8 Å². The van der Waals surface area contributed by atoms with Gasteiger partial charge in [-0.25, -0.2) is 0 Å². The van der Waals surface area contributed by atoms with E-state index in [1.54, 1.807) is 32.4 Å². The number of nitrogens with one attached hydrogen (secondary N) is 1. The second kappa shape index (κ2) is 6.83. The molecule has 0 radical (unpaired) electrons. The zero-order valence-electron chi connectivity index (χ0n) is 14.2. The van der Waals surface area contributed by atoms with Gasteiger partial charge in [0.1, 0.15) is 11.5 Å². The third kappa shape index (κ3) is 3.15. The summed E-state index contributed by atoms with van der Waals surface area (Å²) < 4.78 is 10.5. The van der Waals surface area contributed by atoms with Crippen molar-refractivity contribution in [1.29, 1.82) is 0 Å². The molecule has 126 valence electrons. The van der Waals surface area contributed by atoms with Crippen molar-refractivity contribution in [3.05, 3.63) is 53.6 Å². The van der Waals surface area contributed by atoms with E-state index in [1.165, 1.54) is 0 Å². The summed E-state index contributed by atoms with van der Waals surface area (Å²) in [4.78, 5) is 14.9. The molecule has 1 aliphatic rings. The van der Waals surface area contributed by atoms with Gasteiger partial charge in [0.25, 0.3) is 5.91 Å². The van der Waals surface area contributed by atoms with E-state index in [9.17, 15) is 4.79 Å². The first-order valence-electron chi connectivity index (χ1n) is 7.96. The molecule has 1 unspecified atom stereocenters. The molecule has 1 aliphatic heterocycles. The fourth-order valence-electron chi connectivity index (χ4n) is 3.06. The van der Waals surface area contributed by atoms with Gasteiger partial charge in [-0.05, 0) is 30.2 Å². The lowest BCUT2D eigenvalue weighted by Gasteiger charge is -2.33. The SMILES string of the molecule is COc1cc(OC)cc(C(=O)NC2CCN(C)c3ccccc32)c1. The first-order chi connectivity index (χ1) is 11.6. The maximum Gasteiger partial charge on any atom is 0.252 e.